The van der Waals surface area contributed by atoms with Crippen LogP contribution in [-0.2, 0) is 10.0 Å². The molecule has 0 bridgehead atoms. The number of hydrogen-bond donors (Lipinski definition) is 2. The van der Waals surface area contributed by atoms with Crippen molar-refractivity contribution in [2.45, 2.75) is 4.90 Å². The van der Waals surface area contributed by atoms with Crippen LogP contribution in [0.25, 0.3) is 0 Å². The lowest BCUT2D eigenvalue weighted by molar-refractivity contribution is 0.0955. The Bertz CT molecular complexity index is 1220. The number of hydrazone groups is 1. The number of carbonyl (C=O) groups is 1. The summed E-state index contributed by atoms with van der Waals surface area (Å²) in [5.74, 6) is -2.73. The molecule has 3 aromatic rings. The molecule has 3 aromatic carbocycles. The minimum Gasteiger partial charge on any atom is -0.280 e. The van der Waals surface area contributed by atoms with E-state index in [0.29, 0.717) is 10.7 Å². The molecule has 0 fully saturated rings. The largest absolute Gasteiger partial charge is 0.280 e. The Morgan fingerprint density at radius 2 is 1.70 bits per heavy atom. The summed E-state index contributed by atoms with van der Waals surface area (Å²) < 4.78 is 53.6. The quantitative estimate of drug-likeness (QED) is 0.437. The summed E-state index contributed by atoms with van der Waals surface area (Å²) in [5, 5.41) is 4.12. The summed E-state index contributed by atoms with van der Waals surface area (Å²) in [6, 6.07) is 14.5. The number of nitrogens with one attached hydrogen (secondary N) is 2. The van der Waals surface area contributed by atoms with Gasteiger partial charge >= 0.3 is 0 Å². The molecule has 2 N–H and O–H groups in total. The van der Waals surface area contributed by atoms with Gasteiger partial charge in [-0.05, 0) is 60.2 Å². The summed E-state index contributed by atoms with van der Waals surface area (Å²) in [5.41, 5.74) is 2.78. The Balaban J connectivity index is 1.72. The zero-order chi connectivity index (χ0) is 21.7. The molecule has 6 nitrogen and oxygen atoms in total. The minimum absolute atomic E-state index is 0.0383. The van der Waals surface area contributed by atoms with Crippen LogP contribution in [0.1, 0.15) is 15.9 Å². The Hall–Kier alpha value is -3.30. The van der Waals surface area contributed by atoms with Crippen LogP contribution in [0.2, 0.25) is 5.02 Å². The second kappa shape index (κ2) is 9.02. The van der Waals surface area contributed by atoms with Gasteiger partial charge < -0.3 is 0 Å². The highest BCUT2D eigenvalue weighted by molar-refractivity contribution is 7.92. The van der Waals surface area contributed by atoms with Crippen molar-refractivity contribution >= 4 is 39.4 Å². The highest BCUT2D eigenvalue weighted by Crippen LogP contribution is 2.19. The van der Waals surface area contributed by atoms with Gasteiger partial charge in [-0.1, -0.05) is 23.7 Å². The van der Waals surface area contributed by atoms with Crippen LogP contribution in [0.15, 0.2) is 76.7 Å². The predicted molar refractivity (Wildman–Crippen MR) is 110 cm³/mol. The molecule has 0 atom stereocenters. The van der Waals surface area contributed by atoms with Gasteiger partial charge in [0.05, 0.1) is 11.1 Å². The molecule has 0 spiro atoms. The van der Waals surface area contributed by atoms with Gasteiger partial charge in [0.15, 0.2) is 11.6 Å². The second-order valence-electron chi connectivity index (χ2n) is 6.01. The van der Waals surface area contributed by atoms with Gasteiger partial charge in [-0.2, -0.15) is 5.10 Å². The number of rotatable bonds is 6. The lowest BCUT2D eigenvalue weighted by Gasteiger charge is -2.09. The van der Waals surface area contributed by atoms with E-state index in [-0.39, 0.29) is 16.0 Å². The highest BCUT2D eigenvalue weighted by Gasteiger charge is 2.16. The average Bonchev–Trinajstić information content (AvgIpc) is 2.72. The number of sulfonamides is 1. The molecule has 0 saturated carbocycles. The molecular formula is C20H14ClF2N3O3S. The second-order valence-corrected chi connectivity index (χ2v) is 8.13. The SMILES string of the molecule is O=C(N/N=C/c1ccc(F)c(F)c1)c1cccc(S(=O)(=O)Nc2ccc(Cl)cc2)c1. The molecule has 0 aliphatic rings. The number of nitrogens with zero attached hydrogens (tertiary/aromatic N) is 1. The Morgan fingerprint density at radius 3 is 2.40 bits per heavy atom. The lowest BCUT2D eigenvalue weighted by atomic mass is 10.2. The summed E-state index contributed by atoms with van der Waals surface area (Å²) in [4.78, 5) is 12.1. The highest BCUT2D eigenvalue weighted by atomic mass is 35.5. The molecule has 3 rings (SSSR count). The Kier molecular flexibility index (Phi) is 6.43. The number of halogens is 3. The van der Waals surface area contributed by atoms with Gasteiger partial charge in [-0.25, -0.2) is 22.6 Å². The van der Waals surface area contributed by atoms with E-state index >= 15 is 0 Å². The van der Waals surface area contributed by atoms with E-state index in [1.807, 2.05) is 0 Å². The molecular weight excluding hydrogens is 436 g/mol. The van der Waals surface area contributed by atoms with Gasteiger partial charge in [0.25, 0.3) is 15.9 Å². The number of hydrogen-bond acceptors (Lipinski definition) is 4. The summed E-state index contributed by atoms with van der Waals surface area (Å²) in [7, 11) is -3.94. The zero-order valence-electron chi connectivity index (χ0n) is 15.1. The van der Waals surface area contributed by atoms with Gasteiger partial charge in [-0.3, -0.25) is 9.52 Å². The van der Waals surface area contributed by atoms with Crippen LogP contribution in [0.5, 0.6) is 0 Å². The maximum absolute atomic E-state index is 13.2. The third-order valence-electron chi connectivity index (χ3n) is 3.83. The molecule has 1 amide bonds. The van der Waals surface area contributed by atoms with E-state index < -0.39 is 27.6 Å². The molecule has 0 aliphatic heterocycles. The van der Waals surface area contributed by atoms with Crippen LogP contribution >= 0.6 is 11.6 Å². The fourth-order valence-corrected chi connectivity index (χ4v) is 3.59. The molecule has 10 heteroatoms. The van der Waals surface area contributed by atoms with Crippen LogP contribution in [0, 0.1) is 11.6 Å². The smallest absolute Gasteiger partial charge is 0.271 e. The van der Waals surface area contributed by atoms with E-state index in [9.17, 15) is 22.0 Å². The molecule has 30 heavy (non-hydrogen) atoms. The van der Waals surface area contributed by atoms with Crippen molar-refractivity contribution in [1.82, 2.24) is 5.43 Å². The van der Waals surface area contributed by atoms with Crippen molar-refractivity contribution in [1.29, 1.82) is 0 Å². The van der Waals surface area contributed by atoms with Gasteiger partial charge in [0.1, 0.15) is 0 Å². The van der Waals surface area contributed by atoms with Gasteiger partial charge in [-0.15, -0.1) is 0 Å². The van der Waals surface area contributed by atoms with Crippen molar-refractivity contribution in [3.63, 3.8) is 0 Å². The standard InChI is InChI=1S/C20H14ClF2N3O3S/c21-15-5-7-16(8-6-15)26-30(28,29)17-3-1-2-14(11-17)20(27)25-24-12-13-4-9-18(22)19(23)10-13/h1-12,26H,(H,25,27)/b24-12+. The molecule has 154 valence electrons. The zero-order valence-corrected chi connectivity index (χ0v) is 16.7. The first-order chi connectivity index (χ1) is 14.2. The number of amides is 1. The van der Waals surface area contributed by atoms with Crippen LogP contribution in [0.3, 0.4) is 0 Å². The first-order valence-electron chi connectivity index (χ1n) is 8.41. The third kappa shape index (κ3) is 5.40. The average molecular weight is 450 g/mol. The summed E-state index contributed by atoms with van der Waals surface area (Å²) in [6.07, 6.45) is 1.13. The third-order valence-corrected chi connectivity index (χ3v) is 5.46. The van der Waals surface area contributed by atoms with E-state index in [4.69, 9.17) is 11.6 Å². The molecule has 0 radical (unpaired) electrons. The number of benzene rings is 3. The van der Waals surface area contributed by atoms with E-state index in [0.717, 1.165) is 18.3 Å². The topological polar surface area (TPSA) is 87.6 Å². The van der Waals surface area contributed by atoms with Crippen molar-refractivity contribution in [2.75, 3.05) is 4.72 Å². The van der Waals surface area contributed by atoms with E-state index in [1.54, 1.807) is 0 Å². The van der Waals surface area contributed by atoms with Crippen molar-refractivity contribution in [2.24, 2.45) is 5.10 Å². The number of anilines is 1. The Labute approximate surface area is 176 Å². The van der Waals surface area contributed by atoms with Gasteiger partial charge in [0.2, 0.25) is 0 Å². The van der Waals surface area contributed by atoms with E-state index in [1.165, 1.54) is 54.6 Å². The fourth-order valence-electron chi connectivity index (χ4n) is 2.36. The molecule has 0 unspecified atom stereocenters. The van der Waals surface area contributed by atoms with Crippen LogP contribution in [-0.4, -0.2) is 20.5 Å². The summed E-state index contributed by atoms with van der Waals surface area (Å²) in [6.45, 7) is 0. The predicted octanol–water partition coefficient (Wildman–Crippen LogP) is 4.18. The van der Waals surface area contributed by atoms with E-state index in [2.05, 4.69) is 15.2 Å². The molecule has 0 heterocycles. The van der Waals surface area contributed by atoms with Crippen LogP contribution < -0.4 is 10.1 Å². The van der Waals surface area contributed by atoms with Crippen molar-refractivity contribution in [3.8, 4) is 0 Å². The summed E-state index contributed by atoms with van der Waals surface area (Å²) >= 11 is 5.78. The monoisotopic (exact) mass is 449 g/mol. The van der Waals surface area contributed by atoms with Crippen LogP contribution in [0.4, 0.5) is 14.5 Å². The Morgan fingerprint density at radius 1 is 0.967 bits per heavy atom. The first-order valence-corrected chi connectivity index (χ1v) is 10.3. The molecule has 0 aromatic heterocycles. The molecule has 0 aliphatic carbocycles. The maximum atomic E-state index is 13.2. The van der Waals surface area contributed by atoms with Crippen molar-refractivity contribution < 1.29 is 22.0 Å². The lowest BCUT2D eigenvalue weighted by Crippen LogP contribution is -2.19. The van der Waals surface area contributed by atoms with Crippen molar-refractivity contribution in [3.05, 3.63) is 94.5 Å². The van der Waals surface area contributed by atoms with Gasteiger partial charge in [0, 0.05) is 16.3 Å². The fraction of sp³-hybridized carbons (Fsp3) is 0. The minimum atomic E-state index is -3.94. The molecule has 0 saturated heterocycles. The number of carbonyl (C=O) groups excluding carboxylic acids is 1. The first kappa shape index (κ1) is 21.4. The normalized spacial score (nSPS) is 11.4. The maximum Gasteiger partial charge on any atom is 0.271 e.